The predicted molar refractivity (Wildman–Crippen MR) is 68.3 cm³/mol. The molecule has 2 aromatic rings. The van der Waals surface area contributed by atoms with Gasteiger partial charge in [0.15, 0.2) is 0 Å². The summed E-state index contributed by atoms with van der Waals surface area (Å²) in [4.78, 5) is 15.9. The van der Waals surface area contributed by atoms with Crippen molar-refractivity contribution in [2.45, 2.75) is 0 Å². The molecule has 2 rings (SSSR count). The van der Waals surface area contributed by atoms with Gasteiger partial charge in [0.05, 0.1) is 0 Å². The number of rotatable bonds is 2. The average Bonchev–Trinajstić information content (AvgIpc) is 2.64. The maximum absolute atomic E-state index is 11.8. The third-order valence-electron chi connectivity index (χ3n) is 1.82. The van der Waals surface area contributed by atoms with Crippen LogP contribution < -0.4 is 5.32 Å². The molecule has 1 heterocycles. The number of aromatic nitrogens is 1. The molecule has 82 valence electrons. The Morgan fingerprint density at radius 1 is 1.44 bits per heavy atom. The normalized spacial score (nSPS) is 10.1. The Hall–Kier alpha value is -0.611. The van der Waals surface area contributed by atoms with E-state index < -0.39 is 0 Å². The standard InChI is InChI=1S/C10H6BrClN2OSe/c11-8-5-13-10(16-8)14-9(15)6-3-1-2-4-7(6)12/h1-5H,(H,13,14,15). The van der Waals surface area contributed by atoms with Gasteiger partial charge in [-0.2, -0.15) is 0 Å². The second-order valence-electron chi connectivity index (χ2n) is 2.90. The molecule has 0 aliphatic rings. The summed E-state index contributed by atoms with van der Waals surface area (Å²) in [5, 5.41) is 3.18. The number of hydrogen-bond acceptors (Lipinski definition) is 2. The molecule has 1 aromatic carbocycles. The van der Waals surface area contributed by atoms with E-state index >= 15 is 0 Å². The van der Waals surface area contributed by atoms with Crippen LogP contribution in [0.1, 0.15) is 10.4 Å². The molecule has 0 aliphatic heterocycles. The number of halogens is 2. The zero-order valence-corrected chi connectivity index (χ0v) is 12.0. The minimum atomic E-state index is -0.221. The summed E-state index contributed by atoms with van der Waals surface area (Å²) in [5.41, 5.74) is 0.464. The molecule has 1 N–H and O–H groups in total. The fraction of sp³-hybridized carbons (Fsp3) is 0. The van der Waals surface area contributed by atoms with E-state index in [-0.39, 0.29) is 20.4 Å². The first-order valence-electron chi connectivity index (χ1n) is 4.34. The molecule has 16 heavy (non-hydrogen) atoms. The minimum absolute atomic E-state index is 0.0525. The van der Waals surface area contributed by atoms with Crippen molar-refractivity contribution in [3.63, 3.8) is 0 Å². The van der Waals surface area contributed by atoms with Crippen molar-refractivity contribution < 1.29 is 4.79 Å². The van der Waals surface area contributed by atoms with Crippen LogP contribution in [0.4, 0.5) is 4.69 Å². The third-order valence-corrected chi connectivity index (χ3v) is 4.66. The van der Waals surface area contributed by atoms with E-state index in [1.54, 1.807) is 30.5 Å². The van der Waals surface area contributed by atoms with Crippen LogP contribution in [0.5, 0.6) is 0 Å². The Labute approximate surface area is 112 Å². The molecule has 0 saturated carbocycles. The first kappa shape index (κ1) is 11.9. The molecular formula is C10H6BrClN2OSe. The van der Waals surface area contributed by atoms with E-state index in [0.717, 1.165) is 3.35 Å². The Kier molecular flexibility index (Phi) is 3.82. The molecule has 0 fully saturated rings. The van der Waals surface area contributed by atoms with Crippen LogP contribution in [0.2, 0.25) is 5.02 Å². The van der Waals surface area contributed by atoms with Gasteiger partial charge >= 0.3 is 112 Å². The molecule has 0 spiro atoms. The van der Waals surface area contributed by atoms with Crippen molar-refractivity contribution in [1.29, 1.82) is 0 Å². The van der Waals surface area contributed by atoms with Gasteiger partial charge in [-0.3, -0.25) is 0 Å². The number of amides is 1. The third kappa shape index (κ3) is 2.74. The van der Waals surface area contributed by atoms with Crippen molar-refractivity contribution in [2.24, 2.45) is 0 Å². The Morgan fingerprint density at radius 3 is 2.81 bits per heavy atom. The molecule has 0 radical (unpaired) electrons. The molecule has 1 aromatic heterocycles. The van der Waals surface area contributed by atoms with Crippen molar-refractivity contribution in [2.75, 3.05) is 5.32 Å². The number of carbonyl (C=O) groups excluding carboxylic acids is 1. The number of benzene rings is 1. The Bertz CT molecular complexity index is 529. The van der Waals surface area contributed by atoms with Crippen LogP contribution in [0.3, 0.4) is 0 Å². The van der Waals surface area contributed by atoms with Crippen LogP contribution >= 0.6 is 27.5 Å². The van der Waals surface area contributed by atoms with Crippen LogP contribution in [-0.2, 0) is 0 Å². The second-order valence-corrected chi connectivity index (χ2v) is 7.51. The fourth-order valence-corrected chi connectivity index (χ4v) is 3.37. The zero-order chi connectivity index (χ0) is 11.5. The SMILES string of the molecule is O=C(Nc1ncc(Br)[se]1)c1ccccc1Cl. The van der Waals surface area contributed by atoms with Crippen LogP contribution in [-0.4, -0.2) is 25.4 Å². The van der Waals surface area contributed by atoms with Gasteiger partial charge in [0.2, 0.25) is 0 Å². The Morgan fingerprint density at radius 2 is 2.19 bits per heavy atom. The van der Waals surface area contributed by atoms with E-state index in [1.165, 1.54) is 0 Å². The van der Waals surface area contributed by atoms with Gasteiger partial charge in [0, 0.05) is 0 Å². The molecule has 0 aliphatic carbocycles. The van der Waals surface area contributed by atoms with Crippen LogP contribution in [0, 0.1) is 0 Å². The van der Waals surface area contributed by atoms with Gasteiger partial charge in [-0.1, -0.05) is 0 Å². The summed E-state index contributed by atoms with van der Waals surface area (Å²) < 4.78 is 1.69. The number of hydrogen-bond donors (Lipinski definition) is 1. The summed E-state index contributed by atoms with van der Waals surface area (Å²) in [6, 6.07) is 6.93. The predicted octanol–water partition coefficient (Wildman–Crippen LogP) is 2.81. The van der Waals surface area contributed by atoms with Crippen LogP contribution in [0.15, 0.2) is 33.8 Å². The number of nitrogens with one attached hydrogen (secondary N) is 1. The van der Waals surface area contributed by atoms with Gasteiger partial charge in [-0.05, 0) is 0 Å². The van der Waals surface area contributed by atoms with E-state index in [1.807, 2.05) is 0 Å². The van der Waals surface area contributed by atoms with E-state index in [2.05, 4.69) is 26.2 Å². The van der Waals surface area contributed by atoms with Crippen molar-refractivity contribution >= 4 is 52.6 Å². The van der Waals surface area contributed by atoms with Crippen LogP contribution in [0.25, 0.3) is 0 Å². The maximum atomic E-state index is 11.8. The van der Waals surface area contributed by atoms with Gasteiger partial charge < -0.3 is 0 Å². The summed E-state index contributed by atoms with van der Waals surface area (Å²) >= 11 is 9.30. The first-order chi connectivity index (χ1) is 7.66. The van der Waals surface area contributed by atoms with Gasteiger partial charge in [-0.25, -0.2) is 0 Å². The molecule has 0 bridgehead atoms. The summed E-state index contributed by atoms with van der Waals surface area (Å²) in [7, 11) is 0. The molecule has 3 nitrogen and oxygen atoms in total. The molecule has 0 atom stereocenters. The molecule has 0 saturated heterocycles. The topological polar surface area (TPSA) is 42.0 Å². The molecular weight excluding hydrogens is 358 g/mol. The van der Waals surface area contributed by atoms with Crippen molar-refractivity contribution in [3.8, 4) is 0 Å². The monoisotopic (exact) mass is 364 g/mol. The van der Waals surface area contributed by atoms with E-state index in [4.69, 9.17) is 11.6 Å². The first-order valence-corrected chi connectivity index (χ1v) is 7.22. The molecule has 1 amide bonds. The van der Waals surface area contributed by atoms with Gasteiger partial charge in [-0.15, -0.1) is 0 Å². The second kappa shape index (κ2) is 5.15. The average molecular weight is 364 g/mol. The number of anilines is 1. The zero-order valence-electron chi connectivity index (χ0n) is 7.91. The summed E-state index contributed by atoms with van der Waals surface area (Å²) in [5.74, 6) is -0.221. The summed E-state index contributed by atoms with van der Waals surface area (Å²) in [6.07, 6.45) is 1.70. The van der Waals surface area contributed by atoms with E-state index in [0.29, 0.717) is 15.3 Å². The quantitative estimate of drug-likeness (QED) is 0.833. The van der Waals surface area contributed by atoms with Gasteiger partial charge in [0.1, 0.15) is 0 Å². The van der Waals surface area contributed by atoms with Gasteiger partial charge in [0.25, 0.3) is 0 Å². The Balaban J connectivity index is 2.18. The molecule has 0 unspecified atom stereocenters. The van der Waals surface area contributed by atoms with Crippen molar-refractivity contribution in [3.05, 3.63) is 44.4 Å². The molecule has 6 heteroatoms. The summed E-state index contributed by atoms with van der Waals surface area (Å²) in [6.45, 7) is 0. The number of carbonyl (C=O) groups is 1. The number of nitrogens with zero attached hydrogens (tertiary/aromatic N) is 1. The fourth-order valence-electron chi connectivity index (χ4n) is 1.12. The van der Waals surface area contributed by atoms with E-state index in [9.17, 15) is 4.79 Å². The van der Waals surface area contributed by atoms with Crippen molar-refractivity contribution in [1.82, 2.24) is 4.98 Å².